The number of carbonyl (C=O) groups excluding carboxylic acids is 2. The lowest BCUT2D eigenvalue weighted by Gasteiger charge is -2.19. The molecule has 1 heterocycles. The minimum atomic E-state index is -0.356. The van der Waals surface area contributed by atoms with Gasteiger partial charge in [-0.25, -0.2) is 0 Å². The fraction of sp³-hybridized carbons (Fsp3) is 0.500. The van der Waals surface area contributed by atoms with Gasteiger partial charge in [-0.3, -0.25) is 14.5 Å². The smallest absolute Gasteiger partial charge is 0.319 e. The largest absolute Gasteiger partial charge is 0.468 e. The first-order valence-electron chi connectivity index (χ1n) is 5.54. The molecule has 1 aromatic rings. The molecule has 18 heavy (non-hydrogen) atoms. The van der Waals surface area contributed by atoms with Crippen molar-refractivity contribution in [2.24, 2.45) is 0 Å². The Morgan fingerprint density at radius 3 is 2.28 bits per heavy atom. The predicted molar refractivity (Wildman–Crippen MR) is 68.5 cm³/mol. The number of ether oxygens (including phenoxy) is 2. The average molecular weight is 271 g/mol. The molecule has 1 rings (SSSR count). The zero-order valence-corrected chi connectivity index (χ0v) is 11.4. The highest BCUT2D eigenvalue weighted by molar-refractivity contribution is 7.09. The van der Waals surface area contributed by atoms with Crippen LogP contribution in [0.4, 0.5) is 0 Å². The van der Waals surface area contributed by atoms with Crippen LogP contribution < -0.4 is 0 Å². The molecule has 0 radical (unpaired) electrons. The van der Waals surface area contributed by atoms with Crippen molar-refractivity contribution in [2.75, 3.05) is 33.9 Å². The highest BCUT2D eigenvalue weighted by atomic mass is 32.1. The Morgan fingerprint density at radius 1 is 1.22 bits per heavy atom. The number of carbonyl (C=O) groups is 2. The summed E-state index contributed by atoms with van der Waals surface area (Å²) in [5.41, 5.74) is 0. The second-order valence-corrected chi connectivity index (χ2v) is 4.72. The Labute approximate surface area is 110 Å². The van der Waals surface area contributed by atoms with Gasteiger partial charge in [0.25, 0.3) is 0 Å². The fourth-order valence-corrected chi connectivity index (χ4v) is 2.13. The van der Waals surface area contributed by atoms with Gasteiger partial charge < -0.3 is 9.47 Å². The monoisotopic (exact) mass is 271 g/mol. The van der Waals surface area contributed by atoms with Gasteiger partial charge in [0.15, 0.2) is 0 Å². The van der Waals surface area contributed by atoms with Crippen LogP contribution in [0.15, 0.2) is 17.5 Å². The van der Waals surface area contributed by atoms with E-state index < -0.39 is 0 Å². The molecule has 5 nitrogen and oxygen atoms in total. The van der Waals surface area contributed by atoms with Gasteiger partial charge in [-0.2, -0.15) is 0 Å². The van der Waals surface area contributed by atoms with Crippen LogP contribution in [-0.2, 0) is 25.5 Å². The third-order valence-electron chi connectivity index (χ3n) is 2.42. The SMILES string of the molecule is COC(=O)CN(CCc1cccs1)CC(=O)OC. The van der Waals surface area contributed by atoms with E-state index in [1.165, 1.54) is 19.1 Å². The summed E-state index contributed by atoms with van der Waals surface area (Å²) in [5, 5.41) is 2.00. The van der Waals surface area contributed by atoms with Crippen LogP contribution in [0.2, 0.25) is 0 Å². The Hall–Kier alpha value is -1.40. The predicted octanol–water partition coefficient (Wildman–Crippen LogP) is 0.939. The van der Waals surface area contributed by atoms with Crippen LogP contribution in [0.3, 0.4) is 0 Å². The van der Waals surface area contributed by atoms with E-state index in [4.69, 9.17) is 0 Å². The summed E-state index contributed by atoms with van der Waals surface area (Å²) in [6.45, 7) is 0.804. The molecular weight excluding hydrogens is 254 g/mol. The van der Waals surface area contributed by atoms with Gasteiger partial charge in [-0.15, -0.1) is 11.3 Å². The first-order valence-corrected chi connectivity index (χ1v) is 6.42. The minimum absolute atomic E-state index is 0.0942. The fourth-order valence-electron chi connectivity index (χ4n) is 1.43. The van der Waals surface area contributed by atoms with E-state index in [0.717, 1.165) is 6.42 Å². The van der Waals surface area contributed by atoms with Crippen molar-refractivity contribution >= 4 is 23.3 Å². The van der Waals surface area contributed by atoms with E-state index in [-0.39, 0.29) is 25.0 Å². The Morgan fingerprint density at radius 2 is 1.83 bits per heavy atom. The maximum absolute atomic E-state index is 11.2. The lowest BCUT2D eigenvalue weighted by Crippen LogP contribution is -2.36. The van der Waals surface area contributed by atoms with Gasteiger partial charge >= 0.3 is 11.9 Å². The third-order valence-corrected chi connectivity index (χ3v) is 3.35. The molecule has 100 valence electrons. The number of esters is 2. The summed E-state index contributed by atoms with van der Waals surface area (Å²) in [6, 6.07) is 4.00. The van der Waals surface area contributed by atoms with Crippen molar-refractivity contribution in [3.63, 3.8) is 0 Å². The Balaban J connectivity index is 2.47. The molecule has 0 atom stereocenters. The first kappa shape index (κ1) is 14.7. The second-order valence-electron chi connectivity index (χ2n) is 3.69. The highest BCUT2D eigenvalue weighted by Crippen LogP contribution is 2.09. The summed E-state index contributed by atoms with van der Waals surface area (Å²) >= 11 is 1.66. The van der Waals surface area contributed by atoms with E-state index >= 15 is 0 Å². The van der Waals surface area contributed by atoms with Crippen molar-refractivity contribution in [3.05, 3.63) is 22.4 Å². The lowest BCUT2D eigenvalue weighted by atomic mass is 10.3. The molecule has 1 aromatic heterocycles. The van der Waals surface area contributed by atoms with Gasteiger partial charge in [0.05, 0.1) is 27.3 Å². The second kappa shape index (κ2) is 7.84. The van der Waals surface area contributed by atoms with Crippen molar-refractivity contribution in [2.45, 2.75) is 6.42 Å². The summed E-state index contributed by atoms with van der Waals surface area (Å²) < 4.78 is 9.21. The highest BCUT2D eigenvalue weighted by Gasteiger charge is 2.15. The van der Waals surface area contributed by atoms with Crippen LogP contribution >= 0.6 is 11.3 Å². The number of rotatable bonds is 7. The zero-order chi connectivity index (χ0) is 13.4. The normalized spacial score (nSPS) is 10.4. The summed E-state index contributed by atoms with van der Waals surface area (Å²) in [7, 11) is 2.66. The Bertz CT molecular complexity index is 359. The van der Waals surface area contributed by atoms with Gasteiger partial charge in [-0.05, 0) is 17.9 Å². The topological polar surface area (TPSA) is 55.8 Å². The van der Waals surface area contributed by atoms with Crippen molar-refractivity contribution in [1.82, 2.24) is 4.90 Å². The molecule has 0 saturated carbocycles. The van der Waals surface area contributed by atoms with E-state index in [1.807, 2.05) is 17.5 Å². The maximum Gasteiger partial charge on any atom is 0.319 e. The molecule has 0 aromatic carbocycles. The van der Waals surface area contributed by atoms with Gasteiger partial charge in [0.1, 0.15) is 0 Å². The standard InChI is InChI=1S/C12H17NO4S/c1-16-11(14)8-13(9-12(15)17-2)6-5-10-4-3-7-18-10/h3-4,7H,5-6,8-9H2,1-2H3. The van der Waals surface area contributed by atoms with Gasteiger partial charge in [0.2, 0.25) is 0 Å². The lowest BCUT2D eigenvalue weighted by molar-refractivity contribution is -0.145. The van der Waals surface area contributed by atoms with E-state index in [1.54, 1.807) is 16.2 Å². The van der Waals surface area contributed by atoms with Gasteiger partial charge in [-0.1, -0.05) is 6.07 Å². The van der Waals surface area contributed by atoms with Crippen molar-refractivity contribution in [1.29, 1.82) is 0 Å². The molecule has 0 unspecified atom stereocenters. The number of nitrogens with zero attached hydrogens (tertiary/aromatic N) is 1. The molecule has 0 aliphatic carbocycles. The first-order chi connectivity index (χ1) is 8.65. The molecule has 0 spiro atoms. The Kier molecular flexibility index (Phi) is 6.38. The third kappa shape index (κ3) is 5.29. The molecule has 0 fully saturated rings. The van der Waals surface area contributed by atoms with Crippen LogP contribution in [0.25, 0.3) is 0 Å². The van der Waals surface area contributed by atoms with Crippen LogP contribution in [0.1, 0.15) is 4.88 Å². The zero-order valence-electron chi connectivity index (χ0n) is 10.5. The molecule has 0 N–H and O–H groups in total. The molecular formula is C12H17NO4S. The molecule has 0 amide bonds. The minimum Gasteiger partial charge on any atom is -0.468 e. The van der Waals surface area contributed by atoms with Crippen LogP contribution in [0.5, 0.6) is 0 Å². The average Bonchev–Trinajstić information content (AvgIpc) is 2.88. The van der Waals surface area contributed by atoms with E-state index in [0.29, 0.717) is 6.54 Å². The van der Waals surface area contributed by atoms with E-state index in [9.17, 15) is 9.59 Å². The van der Waals surface area contributed by atoms with Gasteiger partial charge in [0, 0.05) is 11.4 Å². The summed E-state index contributed by atoms with van der Waals surface area (Å²) in [4.78, 5) is 25.4. The number of hydrogen-bond acceptors (Lipinski definition) is 6. The molecule has 0 aliphatic heterocycles. The van der Waals surface area contributed by atoms with Crippen LogP contribution in [0, 0.1) is 0 Å². The number of thiophene rings is 1. The maximum atomic E-state index is 11.2. The quantitative estimate of drug-likeness (QED) is 0.691. The van der Waals surface area contributed by atoms with Crippen molar-refractivity contribution < 1.29 is 19.1 Å². The number of hydrogen-bond donors (Lipinski definition) is 0. The summed E-state index contributed by atoms with van der Waals surface area (Å²) in [5.74, 6) is -0.713. The molecule has 6 heteroatoms. The molecule has 0 bridgehead atoms. The molecule has 0 saturated heterocycles. The number of methoxy groups -OCH3 is 2. The van der Waals surface area contributed by atoms with E-state index in [2.05, 4.69) is 9.47 Å². The summed E-state index contributed by atoms with van der Waals surface area (Å²) in [6.07, 6.45) is 0.797. The van der Waals surface area contributed by atoms with Crippen LogP contribution in [-0.4, -0.2) is 50.7 Å². The molecule has 0 aliphatic rings. The van der Waals surface area contributed by atoms with Crippen molar-refractivity contribution in [3.8, 4) is 0 Å².